The van der Waals surface area contributed by atoms with Crippen molar-refractivity contribution < 1.29 is 4.74 Å². The maximum Gasteiger partial charge on any atom is 0.124 e. The van der Waals surface area contributed by atoms with E-state index in [1.165, 1.54) is 15.6 Å². The minimum absolute atomic E-state index is 0.807. The number of alkyl halides is 1. The molecular weight excluding hydrogens is 280 g/mol. The minimum Gasteiger partial charge on any atom is -0.496 e. The Bertz CT molecular complexity index is 464. The van der Waals surface area contributed by atoms with E-state index in [9.17, 15) is 0 Å². The summed E-state index contributed by atoms with van der Waals surface area (Å²) in [5.74, 6) is 0.935. The molecule has 0 aliphatic carbocycles. The molecule has 0 atom stereocenters. The number of hydrogen-bond acceptors (Lipinski definition) is 3. The SMILES string of the molecule is COc1ccc2c(S)csc2c1CBr. The van der Waals surface area contributed by atoms with E-state index in [2.05, 4.69) is 40.0 Å². The standard InChI is InChI=1S/C10H9BrOS2/c1-12-8-3-2-6-9(13)5-14-10(6)7(8)4-11/h2-3,5,13H,4H2,1H3. The predicted molar refractivity (Wildman–Crippen MR) is 68.3 cm³/mol. The Balaban J connectivity index is 2.77. The molecular formula is C10H9BrOS2. The molecule has 0 radical (unpaired) electrons. The van der Waals surface area contributed by atoms with E-state index in [-0.39, 0.29) is 0 Å². The fourth-order valence-corrected chi connectivity index (χ4v) is 3.58. The monoisotopic (exact) mass is 288 g/mol. The largest absolute Gasteiger partial charge is 0.496 e. The van der Waals surface area contributed by atoms with Gasteiger partial charge >= 0.3 is 0 Å². The Morgan fingerprint density at radius 1 is 1.50 bits per heavy atom. The highest BCUT2D eigenvalue weighted by atomic mass is 79.9. The molecule has 14 heavy (non-hydrogen) atoms. The van der Waals surface area contributed by atoms with Crippen molar-refractivity contribution in [2.45, 2.75) is 10.2 Å². The number of ether oxygens (including phenoxy) is 1. The Morgan fingerprint density at radius 3 is 2.93 bits per heavy atom. The molecule has 0 amide bonds. The first kappa shape index (κ1) is 10.3. The van der Waals surface area contributed by atoms with Gasteiger partial charge in [-0.3, -0.25) is 0 Å². The molecule has 1 nitrogen and oxygen atoms in total. The molecule has 2 rings (SSSR count). The highest BCUT2D eigenvalue weighted by molar-refractivity contribution is 9.08. The molecule has 0 aliphatic heterocycles. The fourth-order valence-electron chi connectivity index (χ4n) is 1.44. The predicted octanol–water partition coefficient (Wildman–Crippen LogP) is 4.09. The summed E-state index contributed by atoms with van der Waals surface area (Å²) in [4.78, 5) is 1.04. The van der Waals surface area contributed by atoms with Crippen LogP contribution in [-0.4, -0.2) is 7.11 Å². The van der Waals surface area contributed by atoms with Gasteiger partial charge in [0.1, 0.15) is 5.75 Å². The van der Waals surface area contributed by atoms with Crippen molar-refractivity contribution in [1.29, 1.82) is 0 Å². The van der Waals surface area contributed by atoms with Crippen LogP contribution in [0.15, 0.2) is 22.4 Å². The van der Waals surface area contributed by atoms with E-state index < -0.39 is 0 Å². The van der Waals surface area contributed by atoms with Gasteiger partial charge in [0, 0.05) is 31.3 Å². The van der Waals surface area contributed by atoms with E-state index in [0.717, 1.165) is 16.0 Å². The molecule has 0 saturated carbocycles. The van der Waals surface area contributed by atoms with Gasteiger partial charge in [0.25, 0.3) is 0 Å². The number of halogens is 1. The topological polar surface area (TPSA) is 9.23 Å². The first-order chi connectivity index (χ1) is 6.77. The molecule has 0 saturated heterocycles. The number of rotatable bonds is 2. The van der Waals surface area contributed by atoms with Crippen LogP contribution in [0.3, 0.4) is 0 Å². The maximum absolute atomic E-state index is 5.31. The summed E-state index contributed by atoms with van der Waals surface area (Å²) in [6, 6.07) is 4.05. The van der Waals surface area contributed by atoms with Crippen molar-refractivity contribution in [1.82, 2.24) is 0 Å². The molecule has 0 aliphatic rings. The lowest BCUT2D eigenvalue weighted by atomic mass is 10.1. The lowest BCUT2D eigenvalue weighted by molar-refractivity contribution is 0.412. The quantitative estimate of drug-likeness (QED) is 0.647. The number of methoxy groups -OCH3 is 1. The third kappa shape index (κ3) is 1.55. The van der Waals surface area contributed by atoms with Crippen molar-refractivity contribution in [3.05, 3.63) is 23.1 Å². The lowest BCUT2D eigenvalue weighted by Crippen LogP contribution is -1.88. The van der Waals surface area contributed by atoms with Gasteiger partial charge in [0.2, 0.25) is 0 Å². The van der Waals surface area contributed by atoms with Crippen LogP contribution >= 0.6 is 39.9 Å². The second kappa shape index (κ2) is 4.13. The summed E-state index contributed by atoms with van der Waals surface area (Å²) in [5, 5.41) is 4.06. The van der Waals surface area contributed by atoms with Crippen molar-refractivity contribution in [3.8, 4) is 5.75 Å². The number of fused-ring (bicyclic) bond motifs is 1. The molecule has 74 valence electrons. The highest BCUT2D eigenvalue weighted by Gasteiger charge is 2.10. The zero-order chi connectivity index (χ0) is 10.1. The molecule has 1 aromatic heterocycles. The van der Waals surface area contributed by atoms with Gasteiger partial charge in [0.15, 0.2) is 0 Å². The summed E-state index contributed by atoms with van der Waals surface area (Å²) in [7, 11) is 1.70. The average molecular weight is 289 g/mol. The van der Waals surface area contributed by atoms with Crippen molar-refractivity contribution in [3.63, 3.8) is 0 Å². The van der Waals surface area contributed by atoms with Crippen LogP contribution in [0.4, 0.5) is 0 Å². The molecule has 0 N–H and O–H groups in total. The van der Waals surface area contributed by atoms with Crippen LogP contribution in [0, 0.1) is 0 Å². The zero-order valence-electron chi connectivity index (χ0n) is 7.58. The number of benzene rings is 1. The normalized spacial score (nSPS) is 10.8. The summed E-state index contributed by atoms with van der Waals surface area (Å²) in [5.41, 5.74) is 1.20. The van der Waals surface area contributed by atoms with Gasteiger partial charge in [-0.05, 0) is 12.1 Å². The van der Waals surface area contributed by atoms with E-state index in [1.807, 2.05) is 6.07 Å². The first-order valence-electron chi connectivity index (χ1n) is 4.10. The van der Waals surface area contributed by atoms with Crippen molar-refractivity contribution >= 4 is 50.0 Å². The average Bonchev–Trinajstić information content (AvgIpc) is 2.59. The summed E-state index contributed by atoms with van der Waals surface area (Å²) in [6.45, 7) is 0. The number of hydrogen-bond donors (Lipinski definition) is 1. The third-order valence-corrected chi connectivity index (χ3v) is 4.30. The zero-order valence-corrected chi connectivity index (χ0v) is 10.9. The number of thiol groups is 1. The lowest BCUT2D eigenvalue weighted by Gasteiger charge is -2.06. The summed E-state index contributed by atoms with van der Waals surface area (Å²) < 4.78 is 6.56. The van der Waals surface area contributed by atoms with E-state index >= 15 is 0 Å². The Kier molecular flexibility index (Phi) is 3.04. The van der Waals surface area contributed by atoms with Crippen LogP contribution in [0.1, 0.15) is 5.56 Å². The fraction of sp³-hybridized carbons (Fsp3) is 0.200. The molecule has 0 spiro atoms. The van der Waals surface area contributed by atoms with Gasteiger partial charge in [-0.25, -0.2) is 0 Å². The van der Waals surface area contributed by atoms with E-state index in [4.69, 9.17) is 4.74 Å². The van der Waals surface area contributed by atoms with Gasteiger partial charge < -0.3 is 4.74 Å². The molecule has 0 unspecified atom stereocenters. The first-order valence-corrected chi connectivity index (χ1v) is 6.54. The van der Waals surface area contributed by atoms with Gasteiger partial charge in [-0.15, -0.1) is 24.0 Å². The van der Waals surface area contributed by atoms with Crippen LogP contribution in [-0.2, 0) is 5.33 Å². The van der Waals surface area contributed by atoms with Crippen molar-refractivity contribution in [2.24, 2.45) is 0 Å². The summed E-state index contributed by atoms with van der Waals surface area (Å²) in [6.07, 6.45) is 0. The number of thiophene rings is 1. The van der Waals surface area contributed by atoms with Crippen LogP contribution in [0.2, 0.25) is 0 Å². The molecule has 1 heterocycles. The third-order valence-electron chi connectivity index (χ3n) is 2.14. The second-order valence-corrected chi connectivity index (χ2v) is 4.80. The van der Waals surface area contributed by atoms with E-state index in [1.54, 1.807) is 18.4 Å². The second-order valence-electron chi connectivity index (χ2n) is 2.88. The molecule has 1 aromatic carbocycles. The summed E-state index contributed by atoms with van der Waals surface area (Å²) >= 11 is 9.59. The van der Waals surface area contributed by atoms with Crippen molar-refractivity contribution in [2.75, 3.05) is 7.11 Å². The Morgan fingerprint density at radius 2 is 2.29 bits per heavy atom. The maximum atomic E-state index is 5.31. The van der Waals surface area contributed by atoms with Crippen LogP contribution in [0.5, 0.6) is 5.75 Å². The van der Waals surface area contributed by atoms with Gasteiger partial charge in [0.05, 0.1) is 7.11 Å². The Hall–Kier alpha value is -0.190. The smallest absolute Gasteiger partial charge is 0.124 e. The van der Waals surface area contributed by atoms with E-state index in [0.29, 0.717) is 0 Å². The van der Waals surface area contributed by atoms with Gasteiger partial charge in [-0.1, -0.05) is 15.9 Å². The minimum atomic E-state index is 0.807. The molecule has 0 bridgehead atoms. The molecule has 2 aromatic rings. The molecule has 0 fully saturated rings. The van der Waals surface area contributed by atoms with Crippen LogP contribution < -0.4 is 4.74 Å². The van der Waals surface area contributed by atoms with Gasteiger partial charge in [-0.2, -0.15) is 0 Å². The molecule has 4 heteroatoms. The van der Waals surface area contributed by atoms with Crippen LogP contribution in [0.25, 0.3) is 10.1 Å². The Labute approximate surface area is 101 Å². The highest BCUT2D eigenvalue weighted by Crippen LogP contribution is 2.37.